The van der Waals surface area contributed by atoms with E-state index in [0.29, 0.717) is 0 Å². The average Bonchev–Trinajstić information content (AvgIpc) is 2.27. The van der Waals surface area contributed by atoms with E-state index in [9.17, 15) is 0 Å². The molecule has 0 aliphatic heterocycles. The lowest BCUT2D eigenvalue weighted by molar-refractivity contribution is 1.15. The van der Waals surface area contributed by atoms with Crippen molar-refractivity contribution in [2.45, 2.75) is 6.54 Å². The van der Waals surface area contributed by atoms with E-state index >= 15 is 0 Å². The van der Waals surface area contributed by atoms with Crippen molar-refractivity contribution in [2.24, 2.45) is 0 Å². The smallest absolute Gasteiger partial charge is 0.0420 e. The second kappa shape index (κ2) is 5.37. The Kier molecular flexibility index (Phi) is 3.86. The molecule has 2 aromatic carbocycles. The van der Waals surface area contributed by atoms with Crippen LogP contribution in [0.15, 0.2) is 53.0 Å². The summed E-state index contributed by atoms with van der Waals surface area (Å²) in [5, 5.41) is 4.09. The maximum atomic E-state index is 5.97. The fraction of sp³-hybridized carbons (Fsp3) is 0.0769. The summed E-state index contributed by atoms with van der Waals surface area (Å²) in [6.45, 7) is 0.767. The molecule has 16 heavy (non-hydrogen) atoms. The summed E-state index contributed by atoms with van der Waals surface area (Å²) in [6, 6.07) is 16.0. The maximum absolute atomic E-state index is 5.97. The van der Waals surface area contributed by atoms with Crippen molar-refractivity contribution in [3.63, 3.8) is 0 Å². The molecule has 0 radical (unpaired) electrons. The van der Waals surface area contributed by atoms with Gasteiger partial charge in [0.15, 0.2) is 0 Å². The highest BCUT2D eigenvalue weighted by Gasteiger charge is 1.98. The van der Waals surface area contributed by atoms with Crippen LogP contribution in [0.1, 0.15) is 5.56 Å². The minimum Gasteiger partial charge on any atom is -0.381 e. The van der Waals surface area contributed by atoms with Gasteiger partial charge < -0.3 is 5.32 Å². The van der Waals surface area contributed by atoms with Gasteiger partial charge in [-0.3, -0.25) is 0 Å². The molecule has 0 bridgehead atoms. The summed E-state index contributed by atoms with van der Waals surface area (Å²) in [5.41, 5.74) is 2.27. The van der Waals surface area contributed by atoms with Crippen LogP contribution in [-0.4, -0.2) is 0 Å². The Bertz CT molecular complexity index is 450. The standard InChI is InChI=1S/C13H11BrClN/c14-11-6-10(7-12(15)8-11)9-16-13-4-2-1-3-5-13/h1-8,16H,9H2. The van der Waals surface area contributed by atoms with E-state index in [2.05, 4.69) is 27.3 Å². The van der Waals surface area contributed by atoms with Gasteiger partial charge in [0.25, 0.3) is 0 Å². The highest BCUT2D eigenvalue weighted by Crippen LogP contribution is 2.20. The summed E-state index contributed by atoms with van der Waals surface area (Å²) >= 11 is 9.40. The monoisotopic (exact) mass is 295 g/mol. The molecule has 0 aromatic heterocycles. The first-order chi connectivity index (χ1) is 7.74. The quantitative estimate of drug-likeness (QED) is 0.864. The molecule has 1 N–H and O–H groups in total. The first-order valence-electron chi connectivity index (χ1n) is 4.98. The fourth-order valence-electron chi connectivity index (χ4n) is 1.47. The van der Waals surface area contributed by atoms with E-state index in [1.807, 2.05) is 42.5 Å². The molecule has 2 rings (SSSR count). The van der Waals surface area contributed by atoms with Crippen LogP contribution in [-0.2, 0) is 6.54 Å². The van der Waals surface area contributed by atoms with E-state index in [1.165, 1.54) is 0 Å². The minimum atomic E-state index is 0.749. The topological polar surface area (TPSA) is 12.0 Å². The maximum Gasteiger partial charge on any atom is 0.0420 e. The van der Waals surface area contributed by atoms with Crippen LogP contribution in [0.25, 0.3) is 0 Å². The molecule has 0 aliphatic rings. The second-order valence-corrected chi connectivity index (χ2v) is 4.85. The third kappa shape index (κ3) is 3.26. The lowest BCUT2D eigenvalue weighted by Gasteiger charge is -2.07. The first-order valence-corrected chi connectivity index (χ1v) is 6.15. The lowest BCUT2D eigenvalue weighted by atomic mass is 10.2. The minimum absolute atomic E-state index is 0.749. The molecule has 0 spiro atoms. The van der Waals surface area contributed by atoms with Crippen molar-refractivity contribution in [1.29, 1.82) is 0 Å². The van der Waals surface area contributed by atoms with Gasteiger partial charge >= 0.3 is 0 Å². The van der Waals surface area contributed by atoms with Crippen molar-refractivity contribution in [2.75, 3.05) is 5.32 Å². The molecule has 0 unspecified atom stereocenters. The van der Waals surface area contributed by atoms with Crippen molar-refractivity contribution in [1.82, 2.24) is 0 Å². The number of anilines is 1. The molecule has 1 nitrogen and oxygen atoms in total. The number of para-hydroxylation sites is 1. The zero-order chi connectivity index (χ0) is 11.4. The van der Waals surface area contributed by atoms with Crippen molar-refractivity contribution < 1.29 is 0 Å². The number of benzene rings is 2. The first kappa shape index (κ1) is 11.5. The number of nitrogens with one attached hydrogen (secondary N) is 1. The van der Waals surface area contributed by atoms with E-state index < -0.39 is 0 Å². The Morgan fingerprint density at radius 3 is 2.50 bits per heavy atom. The van der Waals surface area contributed by atoms with Gasteiger partial charge in [0, 0.05) is 21.7 Å². The number of rotatable bonds is 3. The second-order valence-electron chi connectivity index (χ2n) is 3.50. The Morgan fingerprint density at radius 2 is 1.81 bits per heavy atom. The van der Waals surface area contributed by atoms with Gasteiger partial charge in [-0.1, -0.05) is 45.7 Å². The third-order valence-electron chi connectivity index (χ3n) is 2.19. The molecule has 0 fully saturated rings. The summed E-state index contributed by atoms with van der Waals surface area (Å²) in [5.74, 6) is 0. The van der Waals surface area contributed by atoms with Crippen LogP contribution in [0.4, 0.5) is 5.69 Å². The summed E-state index contributed by atoms with van der Waals surface area (Å²) in [6.07, 6.45) is 0. The van der Waals surface area contributed by atoms with Gasteiger partial charge in [0.05, 0.1) is 0 Å². The Balaban J connectivity index is 2.05. The van der Waals surface area contributed by atoms with Crippen LogP contribution in [0.2, 0.25) is 5.02 Å². The van der Waals surface area contributed by atoms with Gasteiger partial charge in [0.2, 0.25) is 0 Å². The Labute approximate surface area is 109 Å². The zero-order valence-corrected chi connectivity index (χ0v) is 10.9. The normalized spacial score (nSPS) is 10.1. The predicted molar refractivity (Wildman–Crippen MR) is 72.9 cm³/mol. The third-order valence-corrected chi connectivity index (χ3v) is 2.87. The van der Waals surface area contributed by atoms with E-state index in [1.54, 1.807) is 0 Å². The van der Waals surface area contributed by atoms with Gasteiger partial charge in [-0.2, -0.15) is 0 Å². The number of hydrogen-bond donors (Lipinski definition) is 1. The van der Waals surface area contributed by atoms with Gasteiger partial charge in [0.1, 0.15) is 0 Å². The van der Waals surface area contributed by atoms with E-state index in [-0.39, 0.29) is 0 Å². The van der Waals surface area contributed by atoms with Gasteiger partial charge in [-0.15, -0.1) is 0 Å². The van der Waals surface area contributed by atoms with Crippen LogP contribution in [0.3, 0.4) is 0 Å². The van der Waals surface area contributed by atoms with Crippen LogP contribution >= 0.6 is 27.5 Å². The molecule has 0 aliphatic carbocycles. The highest BCUT2D eigenvalue weighted by molar-refractivity contribution is 9.10. The average molecular weight is 297 g/mol. The van der Waals surface area contributed by atoms with Gasteiger partial charge in [-0.05, 0) is 35.9 Å². The molecule has 0 saturated heterocycles. The van der Waals surface area contributed by atoms with Crippen LogP contribution < -0.4 is 5.32 Å². The lowest BCUT2D eigenvalue weighted by Crippen LogP contribution is -1.98. The van der Waals surface area contributed by atoms with Crippen molar-refractivity contribution in [3.05, 3.63) is 63.6 Å². The summed E-state index contributed by atoms with van der Waals surface area (Å²) in [7, 11) is 0. The molecule has 3 heteroatoms. The Hall–Kier alpha value is -0.990. The van der Waals surface area contributed by atoms with Gasteiger partial charge in [-0.25, -0.2) is 0 Å². The van der Waals surface area contributed by atoms with Crippen LogP contribution in [0, 0.1) is 0 Å². The van der Waals surface area contributed by atoms with Crippen molar-refractivity contribution in [3.8, 4) is 0 Å². The molecule has 0 amide bonds. The predicted octanol–water partition coefficient (Wildman–Crippen LogP) is 4.71. The number of halogens is 2. The molecule has 0 heterocycles. The fourth-order valence-corrected chi connectivity index (χ4v) is 2.40. The molecular formula is C13H11BrClN. The van der Waals surface area contributed by atoms with E-state index in [4.69, 9.17) is 11.6 Å². The molecule has 0 saturated carbocycles. The highest BCUT2D eigenvalue weighted by atomic mass is 79.9. The molecule has 0 atom stereocenters. The largest absolute Gasteiger partial charge is 0.381 e. The summed E-state index contributed by atoms with van der Waals surface area (Å²) < 4.78 is 1.00. The van der Waals surface area contributed by atoms with E-state index in [0.717, 1.165) is 27.3 Å². The van der Waals surface area contributed by atoms with Crippen molar-refractivity contribution >= 4 is 33.2 Å². The molecule has 82 valence electrons. The number of hydrogen-bond acceptors (Lipinski definition) is 1. The van der Waals surface area contributed by atoms with Crippen LogP contribution in [0.5, 0.6) is 0 Å². The SMILES string of the molecule is Clc1cc(Br)cc(CNc2ccccc2)c1. The Morgan fingerprint density at radius 1 is 1.06 bits per heavy atom. The molecular weight excluding hydrogens is 286 g/mol. The summed E-state index contributed by atoms with van der Waals surface area (Å²) in [4.78, 5) is 0. The zero-order valence-electron chi connectivity index (χ0n) is 8.58. The molecule has 2 aromatic rings.